The summed E-state index contributed by atoms with van der Waals surface area (Å²) >= 11 is 1.59. The molecule has 3 aromatic rings. The van der Waals surface area contributed by atoms with Gasteiger partial charge in [-0.25, -0.2) is 9.97 Å². The summed E-state index contributed by atoms with van der Waals surface area (Å²) in [5.41, 5.74) is 8.51. The summed E-state index contributed by atoms with van der Waals surface area (Å²) in [6.45, 7) is 5.28. The smallest absolute Gasteiger partial charge is 0.223 e. The average molecular weight is 328 g/mol. The van der Waals surface area contributed by atoms with Crippen LogP contribution in [0.15, 0.2) is 35.7 Å². The third-order valence-corrected chi connectivity index (χ3v) is 4.74. The van der Waals surface area contributed by atoms with E-state index in [0.717, 1.165) is 40.6 Å². The fourth-order valence-corrected chi connectivity index (χ4v) is 3.15. The molecule has 2 N–H and O–H groups in total. The molecule has 3 aromatic heterocycles. The van der Waals surface area contributed by atoms with Crippen molar-refractivity contribution in [1.29, 1.82) is 0 Å². The first-order valence-corrected chi connectivity index (χ1v) is 8.67. The summed E-state index contributed by atoms with van der Waals surface area (Å²) in [5, 5.41) is 0.807. The largest absolute Gasteiger partial charge is 0.368 e. The van der Waals surface area contributed by atoms with E-state index in [9.17, 15) is 0 Å². The predicted octanol–water partition coefficient (Wildman–Crippen LogP) is 3.14. The topological polar surface area (TPSA) is 82.5 Å². The molecule has 3 heterocycles. The first-order valence-electron chi connectivity index (χ1n) is 7.68. The van der Waals surface area contributed by atoms with E-state index in [0.29, 0.717) is 5.92 Å². The van der Waals surface area contributed by atoms with Crippen LogP contribution in [0.1, 0.15) is 26.0 Å². The molecule has 0 saturated carbocycles. The van der Waals surface area contributed by atoms with E-state index in [2.05, 4.69) is 38.4 Å². The number of rotatable bonds is 6. The maximum absolute atomic E-state index is 5.89. The van der Waals surface area contributed by atoms with E-state index in [1.165, 1.54) is 0 Å². The van der Waals surface area contributed by atoms with Crippen molar-refractivity contribution in [2.45, 2.75) is 37.6 Å². The Bertz CT molecular complexity index is 786. The van der Waals surface area contributed by atoms with Crippen LogP contribution in [0.4, 0.5) is 5.95 Å². The molecule has 6 nitrogen and oxygen atoms in total. The van der Waals surface area contributed by atoms with Crippen LogP contribution >= 0.6 is 11.8 Å². The lowest BCUT2D eigenvalue weighted by Crippen LogP contribution is -2.07. The van der Waals surface area contributed by atoms with Crippen LogP contribution in [0, 0.1) is 5.92 Å². The van der Waals surface area contributed by atoms with E-state index in [-0.39, 0.29) is 5.95 Å². The number of hydrogen-bond donors (Lipinski definition) is 1. The summed E-state index contributed by atoms with van der Waals surface area (Å²) in [7, 11) is 0. The Morgan fingerprint density at radius 1 is 1.26 bits per heavy atom. The van der Waals surface area contributed by atoms with Crippen LogP contribution in [0.3, 0.4) is 0 Å². The molecule has 0 aliphatic carbocycles. The Balaban J connectivity index is 1.88. The third-order valence-electron chi connectivity index (χ3n) is 3.74. The molecule has 0 aliphatic rings. The maximum Gasteiger partial charge on any atom is 0.223 e. The lowest BCUT2D eigenvalue weighted by molar-refractivity contribution is 0.474. The molecule has 120 valence electrons. The minimum absolute atomic E-state index is 0.284. The van der Waals surface area contributed by atoms with Crippen LogP contribution in [0.2, 0.25) is 0 Å². The molecule has 0 bridgehead atoms. The molecular weight excluding hydrogens is 308 g/mol. The van der Waals surface area contributed by atoms with Crippen LogP contribution in [-0.4, -0.2) is 24.5 Å². The summed E-state index contributed by atoms with van der Waals surface area (Å²) < 4.78 is 2.06. The molecule has 0 aromatic carbocycles. The van der Waals surface area contributed by atoms with Gasteiger partial charge in [0.05, 0.1) is 12.0 Å². The number of anilines is 1. The van der Waals surface area contributed by atoms with Gasteiger partial charge in [-0.2, -0.15) is 4.98 Å². The third kappa shape index (κ3) is 3.61. The Hall–Kier alpha value is -2.15. The minimum Gasteiger partial charge on any atom is -0.368 e. The van der Waals surface area contributed by atoms with Crippen molar-refractivity contribution in [1.82, 2.24) is 24.5 Å². The van der Waals surface area contributed by atoms with Gasteiger partial charge in [0.25, 0.3) is 0 Å². The van der Waals surface area contributed by atoms with Gasteiger partial charge in [0.2, 0.25) is 5.95 Å². The highest BCUT2D eigenvalue weighted by Crippen LogP contribution is 2.27. The lowest BCUT2D eigenvalue weighted by atomic mass is 10.1. The average Bonchev–Trinajstić information content (AvgIpc) is 2.96. The first kappa shape index (κ1) is 15.7. The normalized spacial score (nSPS) is 12.6. The van der Waals surface area contributed by atoms with Crippen molar-refractivity contribution in [3.05, 3.63) is 36.4 Å². The number of imidazole rings is 1. The second-order valence-electron chi connectivity index (χ2n) is 5.58. The lowest BCUT2D eigenvalue weighted by Gasteiger charge is -2.10. The van der Waals surface area contributed by atoms with Gasteiger partial charge in [-0.3, -0.25) is 4.98 Å². The van der Waals surface area contributed by atoms with Crippen molar-refractivity contribution in [2.75, 3.05) is 5.73 Å². The molecule has 1 unspecified atom stereocenters. The summed E-state index contributed by atoms with van der Waals surface area (Å²) in [4.78, 5) is 17.6. The van der Waals surface area contributed by atoms with E-state index in [4.69, 9.17) is 5.73 Å². The van der Waals surface area contributed by atoms with Crippen LogP contribution in [0.5, 0.6) is 0 Å². The molecule has 0 radical (unpaired) electrons. The zero-order chi connectivity index (χ0) is 16.2. The summed E-state index contributed by atoms with van der Waals surface area (Å²) in [5.74, 6) is 1.57. The van der Waals surface area contributed by atoms with Gasteiger partial charge >= 0.3 is 0 Å². The fourth-order valence-electron chi connectivity index (χ4n) is 2.26. The van der Waals surface area contributed by atoms with E-state index < -0.39 is 0 Å². The Morgan fingerprint density at radius 2 is 2.13 bits per heavy atom. The van der Waals surface area contributed by atoms with Gasteiger partial charge in [0.1, 0.15) is 10.5 Å². The van der Waals surface area contributed by atoms with Crippen molar-refractivity contribution in [2.24, 2.45) is 5.92 Å². The second-order valence-corrected chi connectivity index (χ2v) is 6.54. The number of thioether (sulfide) groups is 1. The highest BCUT2D eigenvalue weighted by atomic mass is 32.2. The van der Waals surface area contributed by atoms with Gasteiger partial charge in [-0.05, 0) is 18.1 Å². The number of pyridine rings is 1. The molecule has 7 heteroatoms. The Morgan fingerprint density at radius 3 is 2.87 bits per heavy atom. The van der Waals surface area contributed by atoms with Crippen molar-refractivity contribution in [3.8, 4) is 0 Å². The molecular formula is C16H20N6S. The van der Waals surface area contributed by atoms with Gasteiger partial charge in [0.15, 0.2) is 5.65 Å². The van der Waals surface area contributed by atoms with Gasteiger partial charge < -0.3 is 10.3 Å². The molecule has 1 atom stereocenters. The standard InChI is InChI=1S/C16H20N6S/c1-3-11(2)8-22-10-19-13-14(22)20-16(17)21-15(13)23-9-12-6-4-5-7-18-12/h4-7,10-11H,3,8-9H2,1-2H3,(H2,17,20,21). The van der Waals surface area contributed by atoms with Gasteiger partial charge in [-0.1, -0.05) is 38.1 Å². The van der Waals surface area contributed by atoms with Gasteiger partial charge in [0, 0.05) is 18.5 Å². The first-order chi connectivity index (χ1) is 11.2. The zero-order valence-electron chi connectivity index (χ0n) is 13.3. The maximum atomic E-state index is 5.89. The fraction of sp³-hybridized carbons (Fsp3) is 0.375. The molecule has 0 spiro atoms. The monoisotopic (exact) mass is 328 g/mol. The van der Waals surface area contributed by atoms with Crippen LogP contribution in [0.25, 0.3) is 11.2 Å². The number of fused-ring (bicyclic) bond motifs is 1. The predicted molar refractivity (Wildman–Crippen MR) is 93.0 cm³/mol. The molecule has 3 rings (SSSR count). The summed E-state index contributed by atoms with van der Waals surface area (Å²) in [6.07, 6.45) is 4.73. The minimum atomic E-state index is 0.284. The number of nitrogen functional groups attached to an aromatic ring is 1. The molecule has 23 heavy (non-hydrogen) atoms. The molecule has 0 aliphatic heterocycles. The molecule has 0 amide bonds. The van der Waals surface area contributed by atoms with Crippen molar-refractivity contribution in [3.63, 3.8) is 0 Å². The van der Waals surface area contributed by atoms with Crippen LogP contribution < -0.4 is 5.73 Å². The van der Waals surface area contributed by atoms with Gasteiger partial charge in [-0.15, -0.1) is 0 Å². The highest BCUT2D eigenvalue weighted by molar-refractivity contribution is 7.98. The van der Waals surface area contributed by atoms with Crippen molar-refractivity contribution >= 4 is 28.9 Å². The van der Waals surface area contributed by atoms with E-state index >= 15 is 0 Å². The summed E-state index contributed by atoms with van der Waals surface area (Å²) in [6, 6.07) is 5.88. The quantitative estimate of drug-likeness (QED) is 0.553. The molecule has 0 fully saturated rings. The van der Waals surface area contributed by atoms with E-state index in [1.54, 1.807) is 18.0 Å². The number of hydrogen-bond acceptors (Lipinski definition) is 6. The number of nitrogens with zero attached hydrogens (tertiary/aromatic N) is 5. The highest BCUT2D eigenvalue weighted by Gasteiger charge is 2.14. The zero-order valence-corrected chi connectivity index (χ0v) is 14.1. The Kier molecular flexibility index (Phi) is 4.76. The second kappa shape index (κ2) is 6.95. The Labute approximate surface area is 139 Å². The number of nitrogens with two attached hydrogens (primary N) is 1. The van der Waals surface area contributed by atoms with Crippen molar-refractivity contribution < 1.29 is 0 Å². The number of aromatic nitrogens is 5. The van der Waals surface area contributed by atoms with Crippen LogP contribution in [-0.2, 0) is 12.3 Å². The van der Waals surface area contributed by atoms with E-state index in [1.807, 2.05) is 24.5 Å². The SMILES string of the molecule is CCC(C)Cn1cnc2c(SCc3ccccn3)nc(N)nc21. The molecule has 0 saturated heterocycles.